The van der Waals surface area contributed by atoms with Crippen molar-refractivity contribution in [2.24, 2.45) is 11.8 Å². The fourth-order valence-electron chi connectivity index (χ4n) is 5.21. The second-order valence-electron chi connectivity index (χ2n) is 9.97. The van der Waals surface area contributed by atoms with Crippen LogP contribution in [-0.2, 0) is 9.53 Å². The molecule has 3 atom stereocenters. The number of rotatable bonds is 10. The van der Waals surface area contributed by atoms with E-state index < -0.39 is 6.10 Å². The number of aromatic hydroxyl groups is 1. The Labute approximate surface area is 223 Å². The molecule has 1 fully saturated rings. The fourth-order valence-corrected chi connectivity index (χ4v) is 5.21. The van der Waals surface area contributed by atoms with Crippen molar-refractivity contribution in [1.29, 1.82) is 0 Å². The minimum Gasteiger partial charge on any atom is -0.507 e. The Morgan fingerprint density at radius 3 is 2.37 bits per heavy atom. The number of hydrogen-bond acceptors (Lipinski definition) is 5. The average Bonchev–Trinajstić information content (AvgIpc) is 2.91. The van der Waals surface area contributed by atoms with Crippen LogP contribution < -0.4 is 4.74 Å². The lowest BCUT2D eigenvalue weighted by molar-refractivity contribution is -0.146. The van der Waals surface area contributed by atoms with Gasteiger partial charge in [0.2, 0.25) is 0 Å². The summed E-state index contributed by atoms with van der Waals surface area (Å²) in [4.78, 5) is 12.2. The molecule has 5 nitrogen and oxygen atoms in total. The topological polar surface area (TPSA) is 76.0 Å². The molecule has 0 saturated heterocycles. The molecule has 1 aliphatic carbocycles. The molecule has 4 rings (SSSR count). The number of benzene rings is 3. The molecule has 3 aromatic rings. The SMILES string of the molecule is COC(=O)[C@@H](C)[C@H](c1ccc(/C=C/CC(O)c2ccc(-c3cc(OC)ccc3F)cc2)c(O)c1)C1CCC1. The quantitative estimate of drug-likeness (QED) is 0.282. The van der Waals surface area contributed by atoms with E-state index in [9.17, 15) is 19.4 Å². The van der Waals surface area contributed by atoms with E-state index >= 15 is 0 Å². The lowest BCUT2D eigenvalue weighted by atomic mass is 9.68. The molecule has 0 aromatic heterocycles. The number of phenols is 1. The molecule has 3 aromatic carbocycles. The van der Waals surface area contributed by atoms with Gasteiger partial charge in [-0.1, -0.05) is 61.9 Å². The maximum Gasteiger partial charge on any atom is 0.309 e. The fraction of sp³-hybridized carbons (Fsp3) is 0.344. The highest BCUT2D eigenvalue weighted by Gasteiger charge is 2.36. The molecule has 0 radical (unpaired) electrons. The molecular weight excluding hydrogens is 483 g/mol. The largest absolute Gasteiger partial charge is 0.507 e. The summed E-state index contributed by atoms with van der Waals surface area (Å²) in [6, 6.07) is 17.3. The van der Waals surface area contributed by atoms with Crippen LogP contribution in [0.25, 0.3) is 17.2 Å². The zero-order valence-corrected chi connectivity index (χ0v) is 22.1. The van der Waals surface area contributed by atoms with Crippen LogP contribution in [-0.4, -0.2) is 30.4 Å². The van der Waals surface area contributed by atoms with Crippen LogP contribution in [0.3, 0.4) is 0 Å². The molecule has 1 aliphatic rings. The van der Waals surface area contributed by atoms with Crippen LogP contribution in [0.2, 0.25) is 0 Å². The highest BCUT2D eigenvalue weighted by molar-refractivity contribution is 5.73. The first-order valence-corrected chi connectivity index (χ1v) is 13.0. The molecule has 0 bridgehead atoms. The van der Waals surface area contributed by atoms with E-state index in [0.717, 1.165) is 24.8 Å². The number of methoxy groups -OCH3 is 2. The molecule has 200 valence electrons. The van der Waals surface area contributed by atoms with Crippen LogP contribution in [0.5, 0.6) is 11.5 Å². The van der Waals surface area contributed by atoms with E-state index in [1.165, 1.54) is 20.3 Å². The van der Waals surface area contributed by atoms with Gasteiger partial charge < -0.3 is 19.7 Å². The Morgan fingerprint density at radius 2 is 1.76 bits per heavy atom. The normalized spacial score (nSPS) is 16.0. The first kappa shape index (κ1) is 27.4. The number of halogens is 1. The summed E-state index contributed by atoms with van der Waals surface area (Å²) in [7, 11) is 2.95. The highest BCUT2D eigenvalue weighted by atomic mass is 19.1. The number of phenolic OH excluding ortho intramolecular Hbond substituents is 1. The number of aliphatic hydroxyl groups is 1. The van der Waals surface area contributed by atoms with E-state index in [1.807, 2.05) is 25.1 Å². The van der Waals surface area contributed by atoms with Crippen molar-refractivity contribution in [3.8, 4) is 22.6 Å². The Balaban J connectivity index is 1.42. The van der Waals surface area contributed by atoms with Crippen molar-refractivity contribution in [2.75, 3.05) is 14.2 Å². The Kier molecular flexibility index (Phi) is 8.85. The van der Waals surface area contributed by atoms with Crippen molar-refractivity contribution in [2.45, 2.75) is 44.6 Å². The second kappa shape index (κ2) is 12.3. The van der Waals surface area contributed by atoms with E-state index in [1.54, 1.807) is 48.5 Å². The Bertz CT molecular complexity index is 1280. The number of hydrogen-bond donors (Lipinski definition) is 2. The summed E-state index contributed by atoms with van der Waals surface area (Å²) in [5.74, 6) is 0.269. The summed E-state index contributed by atoms with van der Waals surface area (Å²) in [5.41, 5.74) is 3.42. The van der Waals surface area contributed by atoms with Gasteiger partial charge in [-0.15, -0.1) is 0 Å². The lowest BCUT2D eigenvalue weighted by Gasteiger charge is -2.37. The standard InChI is InChI=1S/C32H35FO5/c1-20(32(36)38-3)31(24-7-4-8-24)25-15-14-22(30(35)18-25)6-5-9-29(34)23-12-10-21(11-13-23)27-19-26(37-2)16-17-28(27)33/h5-6,10-20,24,29,31,34-35H,4,7-9H2,1-3H3/b6-5+/t20-,29?,31-/m0/s1. The summed E-state index contributed by atoms with van der Waals surface area (Å²) in [6.07, 6.45) is 6.49. The predicted octanol–water partition coefficient (Wildman–Crippen LogP) is 7.04. The number of carbonyl (C=O) groups is 1. The van der Waals surface area contributed by atoms with Crippen LogP contribution in [0.4, 0.5) is 4.39 Å². The molecule has 1 saturated carbocycles. The van der Waals surface area contributed by atoms with Gasteiger partial charge in [0.1, 0.15) is 17.3 Å². The third-order valence-electron chi connectivity index (χ3n) is 7.65. The predicted molar refractivity (Wildman–Crippen MR) is 146 cm³/mol. The molecule has 0 spiro atoms. The van der Waals surface area contributed by atoms with Gasteiger partial charge in [-0.05, 0) is 72.1 Å². The maximum atomic E-state index is 14.3. The number of aliphatic hydroxyl groups excluding tert-OH is 1. The van der Waals surface area contributed by atoms with Gasteiger partial charge in [0, 0.05) is 11.1 Å². The van der Waals surface area contributed by atoms with Crippen LogP contribution in [0, 0.1) is 17.7 Å². The van der Waals surface area contributed by atoms with E-state index in [4.69, 9.17) is 9.47 Å². The lowest BCUT2D eigenvalue weighted by Crippen LogP contribution is -2.30. The molecule has 6 heteroatoms. The monoisotopic (exact) mass is 518 g/mol. The summed E-state index contributed by atoms with van der Waals surface area (Å²) < 4.78 is 24.5. The average molecular weight is 519 g/mol. The van der Waals surface area contributed by atoms with Crippen molar-refractivity contribution < 1.29 is 28.9 Å². The first-order chi connectivity index (χ1) is 18.3. The van der Waals surface area contributed by atoms with Crippen molar-refractivity contribution in [3.05, 3.63) is 89.2 Å². The van der Waals surface area contributed by atoms with Crippen LogP contribution in [0.1, 0.15) is 61.3 Å². The molecular formula is C32H35FO5. The van der Waals surface area contributed by atoms with Crippen LogP contribution in [0.15, 0.2) is 66.7 Å². The van der Waals surface area contributed by atoms with Gasteiger partial charge in [-0.2, -0.15) is 0 Å². The van der Waals surface area contributed by atoms with E-state index in [0.29, 0.717) is 40.3 Å². The molecule has 2 N–H and O–H groups in total. The Hall–Kier alpha value is -3.64. The summed E-state index contributed by atoms with van der Waals surface area (Å²) >= 11 is 0. The molecule has 0 aliphatic heterocycles. The second-order valence-corrected chi connectivity index (χ2v) is 9.97. The minimum absolute atomic E-state index is 0.00960. The minimum atomic E-state index is -0.749. The number of esters is 1. The smallest absolute Gasteiger partial charge is 0.309 e. The Morgan fingerprint density at radius 1 is 1.05 bits per heavy atom. The molecule has 1 unspecified atom stereocenters. The van der Waals surface area contributed by atoms with Gasteiger partial charge in [0.05, 0.1) is 26.2 Å². The van der Waals surface area contributed by atoms with Crippen LogP contribution >= 0.6 is 0 Å². The number of carbonyl (C=O) groups excluding carboxylic acids is 1. The van der Waals surface area contributed by atoms with Gasteiger partial charge in [-0.25, -0.2) is 4.39 Å². The molecule has 38 heavy (non-hydrogen) atoms. The third kappa shape index (κ3) is 6.08. The zero-order valence-electron chi connectivity index (χ0n) is 22.1. The number of ether oxygens (including phenoxy) is 2. The highest BCUT2D eigenvalue weighted by Crippen LogP contribution is 2.45. The maximum absolute atomic E-state index is 14.3. The molecule has 0 amide bonds. The van der Waals surface area contributed by atoms with Gasteiger partial charge in [-0.3, -0.25) is 4.79 Å². The first-order valence-electron chi connectivity index (χ1n) is 13.0. The van der Waals surface area contributed by atoms with Crippen molar-refractivity contribution in [1.82, 2.24) is 0 Å². The summed E-state index contributed by atoms with van der Waals surface area (Å²) in [5, 5.41) is 21.4. The van der Waals surface area contributed by atoms with E-state index in [-0.39, 0.29) is 29.4 Å². The van der Waals surface area contributed by atoms with Crippen molar-refractivity contribution >= 4 is 12.0 Å². The van der Waals surface area contributed by atoms with E-state index in [2.05, 4.69) is 0 Å². The van der Waals surface area contributed by atoms with Gasteiger partial charge >= 0.3 is 5.97 Å². The molecule has 0 heterocycles. The summed E-state index contributed by atoms with van der Waals surface area (Å²) in [6.45, 7) is 1.89. The zero-order chi connectivity index (χ0) is 27.2. The van der Waals surface area contributed by atoms with Gasteiger partial charge in [0.25, 0.3) is 0 Å². The van der Waals surface area contributed by atoms with Gasteiger partial charge in [0.15, 0.2) is 0 Å². The third-order valence-corrected chi connectivity index (χ3v) is 7.65. The van der Waals surface area contributed by atoms with Crippen molar-refractivity contribution in [3.63, 3.8) is 0 Å².